The Labute approximate surface area is 198 Å². The van der Waals surface area contributed by atoms with E-state index in [1.807, 2.05) is 13.0 Å². The number of thiophene rings is 1. The van der Waals surface area contributed by atoms with Gasteiger partial charge in [0.1, 0.15) is 4.88 Å². The molecule has 1 saturated heterocycles. The van der Waals surface area contributed by atoms with Gasteiger partial charge in [0.25, 0.3) is 5.91 Å². The summed E-state index contributed by atoms with van der Waals surface area (Å²) in [4.78, 5) is 26.9. The summed E-state index contributed by atoms with van der Waals surface area (Å²) in [6.45, 7) is 7.01. The largest absolute Gasteiger partial charge is 0.448 e. The number of carbonyl (C=O) groups excluding carboxylic acids is 2. The molecule has 10 heteroatoms. The molecule has 1 fully saturated rings. The number of amides is 1. The Balaban J connectivity index is 1.60. The van der Waals surface area contributed by atoms with Crippen molar-refractivity contribution in [3.63, 3.8) is 0 Å². The van der Waals surface area contributed by atoms with Crippen molar-refractivity contribution >= 4 is 38.9 Å². The van der Waals surface area contributed by atoms with Gasteiger partial charge in [0.05, 0.1) is 18.1 Å². The zero-order valence-electron chi connectivity index (χ0n) is 19.1. The highest BCUT2D eigenvalue weighted by Gasteiger charge is 2.26. The number of anilines is 1. The summed E-state index contributed by atoms with van der Waals surface area (Å²) in [6, 6.07) is 7.78. The first-order valence-electron chi connectivity index (χ1n) is 11.1. The predicted molar refractivity (Wildman–Crippen MR) is 127 cm³/mol. The number of nitrogens with zero attached hydrogens (tertiary/aromatic N) is 1. The van der Waals surface area contributed by atoms with E-state index in [9.17, 15) is 18.0 Å². The second-order valence-corrected chi connectivity index (χ2v) is 10.8. The molecule has 2 heterocycles. The van der Waals surface area contributed by atoms with Crippen LogP contribution in [0.5, 0.6) is 0 Å². The fourth-order valence-electron chi connectivity index (χ4n) is 3.47. The maximum Gasteiger partial charge on any atom is 0.349 e. The van der Waals surface area contributed by atoms with Crippen molar-refractivity contribution in [1.29, 1.82) is 0 Å². The molecule has 1 aromatic carbocycles. The van der Waals surface area contributed by atoms with E-state index < -0.39 is 28.0 Å². The summed E-state index contributed by atoms with van der Waals surface area (Å²) in [5, 5.41) is 2.66. The number of aryl methyl sites for hydroxylation is 2. The van der Waals surface area contributed by atoms with Crippen LogP contribution < -0.4 is 5.32 Å². The third-order valence-electron chi connectivity index (χ3n) is 5.34. The van der Waals surface area contributed by atoms with Gasteiger partial charge in [0.2, 0.25) is 10.0 Å². The van der Waals surface area contributed by atoms with Gasteiger partial charge in [0, 0.05) is 23.7 Å². The Hall–Kier alpha value is -2.27. The van der Waals surface area contributed by atoms with Crippen molar-refractivity contribution in [2.24, 2.45) is 0 Å². The minimum atomic E-state index is -3.61. The quantitative estimate of drug-likeness (QED) is 0.536. The fraction of sp³-hybridized carbons (Fsp3) is 0.478. The van der Waals surface area contributed by atoms with E-state index in [4.69, 9.17) is 9.47 Å². The molecule has 1 atom stereocenters. The van der Waals surface area contributed by atoms with E-state index in [2.05, 4.69) is 12.2 Å². The number of rotatable bonds is 9. The molecule has 2 aromatic rings. The zero-order valence-corrected chi connectivity index (χ0v) is 20.8. The average Bonchev–Trinajstić information content (AvgIpc) is 3.23. The Kier molecular flexibility index (Phi) is 8.63. The molecular formula is C23H30N2O6S2. The van der Waals surface area contributed by atoms with Gasteiger partial charge in [-0.05, 0) is 55.7 Å². The van der Waals surface area contributed by atoms with Crippen LogP contribution >= 0.6 is 11.3 Å². The van der Waals surface area contributed by atoms with Gasteiger partial charge >= 0.3 is 5.97 Å². The van der Waals surface area contributed by atoms with Gasteiger partial charge in [-0.1, -0.05) is 20.3 Å². The Morgan fingerprint density at radius 2 is 1.85 bits per heavy atom. The lowest BCUT2D eigenvalue weighted by Gasteiger charge is -2.26. The standard InChI is InChI=1S/C23H30N2O6S2/c1-4-6-20-17(5-2)15-21(32-20)23(27)31-16(3)22(26)24-18-7-9-19(10-8-18)33(28,29)25-11-13-30-14-12-25/h7-10,15-16H,4-6,11-14H2,1-3H3,(H,24,26). The number of sulfonamides is 1. The Morgan fingerprint density at radius 3 is 2.45 bits per heavy atom. The number of hydrogen-bond acceptors (Lipinski definition) is 7. The first-order valence-corrected chi connectivity index (χ1v) is 13.3. The highest BCUT2D eigenvalue weighted by Crippen LogP contribution is 2.26. The van der Waals surface area contributed by atoms with Crippen LogP contribution in [0.1, 0.15) is 47.3 Å². The predicted octanol–water partition coefficient (Wildman–Crippen LogP) is 3.47. The van der Waals surface area contributed by atoms with Crippen molar-refractivity contribution in [2.45, 2.75) is 51.0 Å². The molecule has 1 aliphatic rings. The molecule has 0 spiro atoms. The van der Waals surface area contributed by atoms with E-state index in [-0.39, 0.29) is 4.90 Å². The topological polar surface area (TPSA) is 102 Å². The number of hydrogen-bond donors (Lipinski definition) is 1. The molecule has 3 rings (SSSR count). The van der Waals surface area contributed by atoms with E-state index in [1.54, 1.807) is 0 Å². The van der Waals surface area contributed by atoms with Crippen LogP contribution in [0.2, 0.25) is 0 Å². The first-order chi connectivity index (χ1) is 15.8. The fourth-order valence-corrected chi connectivity index (χ4v) is 6.11. The molecule has 1 unspecified atom stereocenters. The highest BCUT2D eigenvalue weighted by atomic mass is 32.2. The molecule has 33 heavy (non-hydrogen) atoms. The summed E-state index contributed by atoms with van der Waals surface area (Å²) in [5.74, 6) is -1.01. The summed E-state index contributed by atoms with van der Waals surface area (Å²) >= 11 is 1.42. The van der Waals surface area contributed by atoms with E-state index in [0.717, 1.165) is 24.8 Å². The molecule has 180 valence electrons. The van der Waals surface area contributed by atoms with Gasteiger partial charge < -0.3 is 14.8 Å². The van der Waals surface area contributed by atoms with Crippen LogP contribution in [0.25, 0.3) is 0 Å². The van der Waals surface area contributed by atoms with Gasteiger partial charge in [-0.3, -0.25) is 4.79 Å². The maximum atomic E-state index is 12.7. The van der Waals surface area contributed by atoms with Crippen LogP contribution in [0, 0.1) is 0 Å². The lowest BCUT2D eigenvalue weighted by molar-refractivity contribution is -0.123. The van der Waals surface area contributed by atoms with E-state index in [0.29, 0.717) is 36.9 Å². The number of ether oxygens (including phenoxy) is 2. The summed E-state index contributed by atoms with van der Waals surface area (Å²) in [7, 11) is -3.61. The lowest BCUT2D eigenvalue weighted by atomic mass is 10.1. The van der Waals surface area contributed by atoms with Gasteiger partial charge in [0.15, 0.2) is 6.10 Å². The zero-order chi connectivity index (χ0) is 24.0. The number of carbonyl (C=O) groups is 2. The Morgan fingerprint density at radius 1 is 1.18 bits per heavy atom. The molecular weight excluding hydrogens is 464 g/mol. The maximum absolute atomic E-state index is 12.7. The van der Waals surface area contributed by atoms with E-state index >= 15 is 0 Å². The minimum Gasteiger partial charge on any atom is -0.448 e. The molecule has 0 saturated carbocycles. The molecule has 0 aliphatic carbocycles. The van der Waals surface area contributed by atoms with E-state index in [1.165, 1.54) is 51.7 Å². The average molecular weight is 495 g/mol. The number of morpholine rings is 1. The molecule has 1 N–H and O–H groups in total. The number of esters is 1. The first kappa shape index (κ1) is 25.4. The SMILES string of the molecule is CCCc1sc(C(=O)OC(C)C(=O)Nc2ccc(S(=O)(=O)N3CCOCC3)cc2)cc1CC. The second kappa shape index (κ2) is 11.2. The molecule has 1 aromatic heterocycles. The molecule has 0 bridgehead atoms. The lowest BCUT2D eigenvalue weighted by Crippen LogP contribution is -2.40. The van der Waals surface area contributed by atoms with Crippen molar-refractivity contribution < 1.29 is 27.5 Å². The number of nitrogens with one attached hydrogen (secondary N) is 1. The monoisotopic (exact) mass is 494 g/mol. The van der Waals surface area contributed by atoms with Crippen LogP contribution in [0.4, 0.5) is 5.69 Å². The van der Waals surface area contributed by atoms with Crippen LogP contribution in [-0.2, 0) is 37.1 Å². The van der Waals surface area contributed by atoms with Crippen molar-refractivity contribution in [3.05, 3.63) is 45.6 Å². The molecule has 8 nitrogen and oxygen atoms in total. The van der Waals surface area contributed by atoms with Crippen LogP contribution in [0.15, 0.2) is 35.2 Å². The van der Waals surface area contributed by atoms with Crippen LogP contribution in [0.3, 0.4) is 0 Å². The minimum absolute atomic E-state index is 0.147. The Bertz CT molecular complexity index is 1070. The van der Waals surface area contributed by atoms with Crippen molar-refractivity contribution in [1.82, 2.24) is 4.31 Å². The molecule has 1 aliphatic heterocycles. The second-order valence-electron chi connectivity index (χ2n) is 7.74. The van der Waals surface area contributed by atoms with Crippen molar-refractivity contribution in [2.75, 3.05) is 31.6 Å². The van der Waals surface area contributed by atoms with Crippen molar-refractivity contribution in [3.8, 4) is 0 Å². The number of benzene rings is 1. The summed E-state index contributed by atoms with van der Waals surface area (Å²) in [6.07, 6.45) is 1.74. The highest BCUT2D eigenvalue weighted by molar-refractivity contribution is 7.89. The summed E-state index contributed by atoms with van der Waals surface area (Å²) in [5.41, 5.74) is 1.55. The molecule has 1 amide bonds. The third kappa shape index (κ3) is 6.20. The van der Waals surface area contributed by atoms with Gasteiger partial charge in [-0.25, -0.2) is 13.2 Å². The van der Waals surface area contributed by atoms with Gasteiger partial charge in [-0.15, -0.1) is 11.3 Å². The van der Waals surface area contributed by atoms with Crippen LogP contribution in [-0.4, -0.2) is 57.0 Å². The third-order valence-corrected chi connectivity index (χ3v) is 8.47. The van der Waals surface area contributed by atoms with Gasteiger partial charge in [-0.2, -0.15) is 4.31 Å². The molecule has 0 radical (unpaired) electrons. The normalized spacial score (nSPS) is 15.7. The smallest absolute Gasteiger partial charge is 0.349 e. The summed E-state index contributed by atoms with van der Waals surface area (Å²) < 4.78 is 37.4.